The lowest BCUT2D eigenvalue weighted by molar-refractivity contribution is 0.178. The molecule has 310 valence electrons. The van der Waals surface area contributed by atoms with Gasteiger partial charge in [0.25, 0.3) is 6.71 Å². The Hall–Kier alpha value is -6.28. The summed E-state index contributed by atoms with van der Waals surface area (Å²) in [7, 11) is 0. The van der Waals surface area contributed by atoms with E-state index in [0.717, 1.165) is 22.6 Å². The summed E-state index contributed by atoms with van der Waals surface area (Å²) in [5.74, 6) is 1.65. The first-order valence-electron chi connectivity index (χ1n) is 22.5. The monoisotopic (exact) mass is 824 g/mol. The molecule has 0 spiro atoms. The highest BCUT2D eigenvalue weighted by atomic mass is 16.8. The van der Waals surface area contributed by atoms with E-state index >= 15 is 0 Å². The van der Waals surface area contributed by atoms with Crippen LogP contribution in [-0.2, 0) is 20.3 Å². The quantitative estimate of drug-likeness (QED) is 0.124. The van der Waals surface area contributed by atoms with Gasteiger partial charge in [-0.1, -0.05) is 102 Å². The fourth-order valence-corrected chi connectivity index (χ4v) is 10.6. The van der Waals surface area contributed by atoms with E-state index in [4.69, 9.17) is 18.9 Å². The molecule has 2 fully saturated rings. The third kappa shape index (κ3) is 5.58. The van der Waals surface area contributed by atoms with Crippen molar-refractivity contribution in [3.05, 3.63) is 139 Å². The largest absolute Gasteiger partial charge is 0.462 e. The minimum Gasteiger partial charge on any atom is -0.462 e. The average Bonchev–Trinajstić information content (AvgIpc) is 4.08. The van der Waals surface area contributed by atoms with Gasteiger partial charge in [-0.15, -0.1) is 0 Å². The van der Waals surface area contributed by atoms with Crippen molar-refractivity contribution >= 4 is 66.7 Å². The van der Waals surface area contributed by atoms with E-state index in [0.29, 0.717) is 0 Å². The van der Waals surface area contributed by atoms with Crippen LogP contribution in [0.25, 0.3) is 77.2 Å². The van der Waals surface area contributed by atoms with Crippen molar-refractivity contribution in [2.24, 2.45) is 0 Å². The highest BCUT2D eigenvalue weighted by Crippen LogP contribution is 2.44. The lowest BCUT2D eigenvalue weighted by Crippen LogP contribution is -2.59. The third-order valence-electron chi connectivity index (χ3n) is 14.2. The molecule has 0 amide bonds. The van der Waals surface area contributed by atoms with E-state index in [-0.39, 0.29) is 42.3 Å². The molecule has 13 rings (SSSR count). The smallest absolute Gasteiger partial charge is 0.252 e. The lowest BCUT2D eigenvalue weighted by Gasteiger charge is -2.34. The van der Waals surface area contributed by atoms with E-state index < -0.39 is 0 Å². The molecule has 6 nitrogen and oxygen atoms in total. The van der Waals surface area contributed by atoms with Crippen LogP contribution in [-0.4, -0.2) is 40.6 Å². The molecular formula is C56H49BN2O4. The number of rotatable bonds is 6. The maximum absolute atomic E-state index is 6.11. The SMILES string of the molecule is CC1OC1Oc1ccc(-c2cc3c4c(c2)-n2c5ccc(C(C)(C)C)cc5c5cc(-c6ccc(OC7OC7C)cc6)cc(c52)B4c2cccc4c5cc(C(C)(C)C)ccc5n-3c24)cc1. The van der Waals surface area contributed by atoms with Gasteiger partial charge in [-0.25, -0.2) is 0 Å². The second-order valence-electron chi connectivity index (χ2n) is 20.4. The van der Waals surface area contributed by atoms with Gasteiger partial charge in [0, 0.05) is 44.0 Å². The summed E-state index contributed by atoms with van der Waals surface area (Å²) in [5.41, 5.74) is 18.8. The maximum Gasteiger partial charge on any atom is 0.252 e. The number of ether oxygens (including phenoxy) is 4. The van der Waals surface area contributed by atoms with Gasteiger partial charge in [-0.3, -0.25) is 0 Å². The van der Waals surface area contributed by atoms with Crippen LogP contribution in [0.2, 0.25) is 0 Å². The molecule has 4 unspecified atom stereocenters. The first-order chi connectivity index (χ1) is 30.3. The van der Waals surface area contributed by atoms with E-state index in [1.54, 1.807) is 0 Å². The molecule has 0 bridgehead atoms. The van der Waals surface area contributed by atoms with Crippen molar-refractivity contribution in [2.75, 3.05) is 0 Å². The number of para-hydroxylation sites is 1. The first kappa shape index (κ1) is 37.3. The van der Waals surface area contributed by atoms with E-state index in [1.807, 2.05) is 13.8 Å². The number of aromatic nitrogens is 2. The van der Waals surface area contributed by atoms with Gasteiger partial charge in [-0.2, -0.15) is 0 Å². The predicted molar refractivity (Wildman–Crippen MR) is 258 cm³/mol. The molecule has 7 heteroatoms. The van der Waals surface area contributed by atoms with Gasteiger partial charge in [-0.05, 0) is 141 Å². The first-order valence-corrected chi connectivity index (χ1v) is 22.5. The van der Waals surface area contributed by atoms with Crippen LogP contribution in [0, 0.1) is 0 Å². The summed E-state index contributed by atoms with van der Waals surface area (Å²) in [6.45, 7) is 17.9. The number of nitrogens with zero attached hydrogens (tertiary/aromatic N) is 2. The van der Waals surface area contributed by atoms with Crippen LogP contribution in [0.1, 0.15) is 66.5 Å². The van der Waals surface area contributed by atoms with E-state index in [2.05, 4.69) is 178 Å². The highest BCUT2D eigenvalue weighted by molar-refractivity contribution is 7.00. The van der Waals surface area contributed by atoms with Gasteiger partial charge in [0.2, 0.25) is 12.6 Å². The van der Waals surface area contributed by atoms with Crippen molar-refractivity contribution in [1.29, 1.82) is 0 Å². The fraction of sp³-hybridized carbons (Fsp3) is 0.250. The van der Waals surface area contributed by atoms with Crippen molar-refractivity contribution in [2.45, 2.75) is 91.0 Å². The topological polar surface area (TPSA) is 53.4 Å². The summed E-state index contributed by atoms with van der Waals surface area (Å²) in [4.78, 5) is 0. The number of hydrogen-bond acceptors (Lipinski definition) is 4. The summed E-state index contributed by atoms with van der Waals surface area (Å²) in [6, 6.07) is 48.2. The van der Waals surface area contributed by atoms with Gasteiger partial charge < -0.3 is 28.1 Å². The summed E-state index contributed by atoms with van der Waals surface area (Å²) < 4.78 is 28.5. The van der Waals surface area contributed by atoms with Crippen LogP contribution >= 0.6 is 0 Å². The molecule has 9 aromatic rings. The number of fused-ring (bicyclic) bond motifs is 10. The zero-order valence-corrected chi connectivity index (χ0v) is 37.0. The number of hydrogen-bond donors (Lipinski definition) is 0. The highest BCUT2D eigenvalue weighted by Gasteiger charge is 2.42. The number of benzene rings is 7. The van der Waals surface area contributed by atoms with Crippen LogP contribution in [0.15, 0.2) is 127 Å². The molecule has 2 aromatic heterocycles. The Bertz CT molecular complexity index is 3420. The van der Waals surface area contributed by atoms with Crippen molar-refractivity contribution in [3.63, 3.8) is 0 Å². The Balaban J connectivity index is 1.12. The summed E-state index contributed by atoms with van der Waals surface area (Å²) in [6.07, 6.45) is -0.0859. The Morgan fingerprint density at radius 1 is 0.476 bits per heavy atom. The molecule has 4 aliphatic rings. The molecule has 0 aliphatic carbocycles. The van der Waals surface area contributed by atoms with Crippen LogP contribution in [0.5, 0.6) is 11.5 Å². The molecular weight excluding hydrogens is 775 g/mol. The van der Waals surface area contributed by atoms with Crippen molar-refractivity contribution in [1.82, 2.24) is 9.13 Å². The number of epoxide rings is 2. The van der Waals surface area contributed by atoms with Crippen LogP contribution < -0.4 is 25.9 Å². The predicted octanol–water partition coefficient (Wildman–Crippen LogP) is 11.2. The van der Waals surface area contributed by atoms with Crippen molar-refractivity contribution in [3.8, 4) is 45.1 Å². The second kappa shape index (κ2) is 12.7. The molecule has 0 N–H and O–H groups in total. The van der Waals surface area contributed by atoms with E-state index in [9.17, 15) is 0 Å². The van der Waals surface area contributed by atoms with E-state index in [1.165, 1.54) is 93.6 Å². The molecule has 6 heterocycles. The van der Waals surface area contributed by atoms with Crippen molar-refractivity contribution < 1.29 is 18.9 Å². The molecule has 7 aromatic carbocycles. The molecule has 4 aliphatic heterocycles. The summed E-state index contributed by atoms with van der Waals surface area (Å²) in [5, 5.41) is 5.13. The van der Waals surface area contributed by atoms with Gasteiger partial charge in [0.15, 0.2) is 0 Å². The molecule has 0 radical (unpaired) electrons. The average molecular weight is 825 g/mol. The van der Waals surface area contributed by atoms with Crippen LogP contribution in [0.3, 0.4) is 0 Å². The minimum absolute atomic E-state index is 0.000384. The molecule has 2 saturated heterocycles. The minimum atomic E-state index is -0.173. The molecule has 63 heavy (non-hydrogen) atoms. The van der Waals surface area contributed by atoms with Crippen LogP contribution in [0.4, 0.5) is 0 Å². The molecule has 0 saturated carbocycles. The Kier molecular flexibility index (Phi) is 7.51. The Morgan fingerprint density at radius 2 is 0.952 bits per heavy atom. The Labute approximate surface area is 368 Å². The van der Waals surface area contributed by atoms with Gasteiger partial charge >= 0.3 is 0 Å². The standard InChI is InChI=1S/C56H49BN2O4/c1-30-53(60-30)62-38-18-12-32(13-19-38)34-24-43-42-29-37(56(6,7)8)17-23-47(42)59-49-27-35(33-14-20-39(21-15-33)63-54-31(2)61-54)26-48-50(49)57(45(25-34)52(43)59)44-11-9-10-40-41-28-36(55(3,4)5)16-22-46(41)58(48)51(40)44/h9-31,53-54H,1-8H3. The normalized spacial score (nSPS) is 19.6. The zero-order valence-electron chi connectivity index (χ0n) is 37.0. The third-order valence-corrected chi connectivity index (χ3v) is 14.2. The van der Waals surface area contributed by atoms with Gasteiger partial charge in [0.05, 0.1) is 11.0 Å². The summed E-state index contributed by atoms with van der Waals surface area (Å²) >= 11 is 0. The Morgan fingerprint density at radius 3 is 1.44 bits per heavy atom. The lowest BCUT2D eigenvalue weighted by atomic mass is 9.34. The second-order valence-corrected chi connectivity index (χ2v) is 20.4. The fourth-order valence-electron chi connectivity index (χ4n) is 10.6. The van der Waals surface area contributed by atoms with Gasteiger partial charge in [0.1, 0.15) is 23.7 Å². The maximum atomic E-state index is 6.11. The zero-order chi connectivity index (χ0) is 42.8. The molecule has 4 atom stereocenters.